The minimum Gasteiger partial charge on any atom is -0.300 e. The summed E-state index contributed by atoms with van der Waals surface area (Å²) in [4.78, 5) is 24.5. The van der Waals surface area contributed by atoms with Crippen LogP contribution in [0.15, 0.2) is 5.11 Å². The van der Waals surface area contributed by atoms with Gasteiger partial charge in [0.25, 0.3) is 0 Å². The van der Waals surface area contributed by atoms with E-state index in [0.717, 1.165) is 0 Å². The van der Waals surface area contributed by atoms with Gasteiger partial charge in [0.05, 0.1) is 0 Å². The molecule has 0 unspecified atom stereocenters. The lowest BCUT2D eigenvalue weighted by Crippen LogP contribution is -2.09. The molecule has 0 aromatic carbocycles. The third-order valence-electron chi connectivity index (χ3n) is 1.77. The molecule has 0 N–H and O–H groups in total. The van der Waals surface area contributed by atoms with Crippen molar-refractivity contribution in [3.05, 3.63) is 10.4 Å². The van der Waals surface area contributed by atoms with E-state index >= 15 is 0 Å². The van der Waals surface area contributed by atoms with Crippen LogP contribution < -0.4 is 0 Å². The molecule has 0 spiro atoms. The standard InChI is InChI=1S/C9H15N3O2/c1-7(5-8(2)13)6-9(14)3-4-11-12-10/h7H,3-6H2,1-2H3/t7-/m0/s1. The van der Waals surface area contributed by atoms with Gasteiger partial charge in [0.2, 0.25) is 0 Å². The zero-order valence-electron chi connectivity index (χ0n) is 8.56. The summed E-state index contributed by atoms with van der Waals surface area (Å²) in [5.41, 5.74) is 7.98. The Bertz CT molecular complexity index is 257. The predicted molar refractivity (Wildman–Crippen MR) is 52.7 cm³/mol. The molecular formula is C9H15N3O2. The average molecular weight is 197 g/mol. The van der Waals surface area contributed by atoms with Crippen molar-refractivity contribution in [2.24, 2.45) is 11.0 Å². The summed E-state index contributed by atoms with van der Waals surface area (Å²) in [6, 6.07) is 0. The van der Waals surface area contributed by atoms with Crippen LogP contribution in [0.4, 0.5) is 0 Å². The van der Waals surface area contributed by atoms with Gasteiger partial charge in [0.1, 0.15) is 11.6 Å². The van der Waals surface area contributed by atoms with Gasteiger partial charge in [-0.15, -0.1) is 0 Å². The van der Waals surface area contributed by atoms with Crippen molar-refractivity contribution in [2.45, 2.75) is 33.1 Å². The first-order valence-electron chi connectivity index (χ1n) is 4.58. The van der Waals surface area contributed by atoms with Crippen LogP contribution in [0.25, 0.3) is 10.4 Å². The summed E-state index contributed by atoms with van der Waals surface area (Å²) in [7, 11) is 0. The second-order valence-electron chi connectivity index (χ2n) is 3.46. The van der Waals surface area contributed by atoms with Crippen molar-refractivity contribution in [1.29, 1.82) is 0 Å². The van der Waals surface area contributed by atoms with Gasteiger partial charge >= 0.3 is 0 Å². The predicted octanol–water partition coefficient (Wildman–Crippen LogP) is 2.26. The molecule has 0 rings (SSSR count). The van der Waals surface area contributed by atoms with Crippen LogP contribution in [0, 0.1) is 5.92 Å². The molecule has 1 atom stereocenters. The minimum atomic E-state index is 0.0474. The molecule has 0 saturated carbocycles. The number of carbonyl (C=O) groups excluding carboxylic acids is 2. The molecule has 0 aliphatic carbocycles. The number of ketones is 2. The molecule has 0 amide bonds. The zero-order chi connectivity index (χ0) is 11.0. The van der Waals surface area contributed by atoms with E-state index in [0.29, 0.717) is 12.8 Å². The molecule has 0 fully saturated rings. The second-order valence-corrected chi connectivity index (χ2v) is 3.46. The van der Waals surface area contributed by atoms with Crippen LogP contribution in [-0.2, 0) is 9.59 Å². The van der Waals surface area contributed by atoms with Crippen LogP contribution in [0.3, 0.4) is 0 Å². The molecule has 0 saturated heterocycles. The Kier molecular flexibility index (Phi) is 6.41. The zero-order valence-corrected chi connectivity index (χ0v) is 8.56. The molecule has 5 nitrogen and oxygen atoms in total. The topological polar surface area (TPSA) is 82.9 Å². The number of rotatable bonds is 7. The van der Waals surface area contributed by atoms with Gasteiger partial charge in [0, 0.05) is 30.7 Å². The molecule has 0 aliphatic heterocycles. The third-order valence-corrected chi connectivity index (χ3v) is 1.77. The minimum absolute atomic E-state index is 0.0474. The van der Waals surface area contributed by atoms with E-state index in [1.807, 2.05) is 6.92 Å². The van der Waals surface area contributed by atoms with Crippen molar-refractivity contribution >= 4 is 11.6 Å². The van der Waals surface area contributed by atoms with Crippen molar-refractivity contribution in [1.82, 2.24) is 0 Å². The van der Waals surface area contributed by atoms with Crippen LogP contribution in [0.5, 0.6) is 0 Å². The molecule has 0 radical (unpaired) electrons. The fraction of sp³-hybridized carbons (Fsp3) is 0.778. The van der Waals surface area contributed by atoms with E-state index in [2.05, 4.69) is 10.0 Å². The Morgan fingerprint density at radius 2 is 2.07 bits per heavy atom. The lowest BCUT2D eigenvalue weighted by Gasteiger charge is -2.06. The van der Waals surface area contributed by atoms with Crippen LogP contribution in [0.1, 0.15) is 33.1 Å². The van der Waals surface area contributed by atoms with E-state index in [9.17, 15) is 9.59 Å². The summed E-state index contributed by atoms with van der Waals surface area (Å²) in [6.45, 7) is 3.59. The number of Topliss-reactive ketones (excluding diaryl/α,β-unsaturated/α-hetero) is 2. The molecule has 78 valence electrons. The van der Waals surface area contributed by atoms with Gasteiger partial charge in [0.15, 0.2) is 0 Å². The number of hydrogen-bond acceptors (Lipinski definition) is 3. The summed E-state index contributed by atoms with van der Waals surface area (Å²) in [5, 5.41) is 3.27. The summed E-state index contributed by atoms with van der Waals surface area (Å²) in [5.74, 6) is 0.234. The van der Waals surface area contributed by atoms with Crippen molar-refractivity contribution < 1.29 is 9.59 Å². The Morgan fingerprint density at radius 3 is 2.57 bits per heavy atom. The first-order chi connectivity index (χ1) is 6.56. The monoisotopic (exact) mass is 197 g/mol. The largest absolute Gasteiger partial charge is 0.300 e. The lowest BCUT2D eigenvalue weighted by molar-refractivity contribution is -0.120. The average Bonchev–Trinajstić information content (AvgIpc) is 2.02. The van der Waals surface area contributed by atoms with E-state index < -0.39 is 0 Å². The maximum Gasteiger partial charge on any atom is 0.133 e. The summed E-state index contributed by atoms with van der Waals surface area (Å²) >= 11 is 0. The lowest BCUT2D eigenvalue weighted by atomic mass is 9.98. The second kappa shape index (κ2) is 7.09. The van der Waals surface area contributed by atoms with Gasteiger partial charge in [-0.05, 0) is 18.4 Å². The van der Waals surface area contributed by atoms with Gasteiger partial charge in [-0.3, -0.25) is 4.79 Å². The molecular weight excluding hydrogens is 182 g/mol. The maximum atomic E-state index is 11.2. The molecule has 0 aliphatic rings. The van der Waals surface area contributed by atoms with Crippen LogP contribution in [0.2, 0.25) is 0 Å². The van der Waals surface area contributed by atoms with E-state index in [-0.39, 0.29) is 30.4 Å². The molecule has 14 heavy (non-hydrogen) atoms. The fourth-order valence-electron chi connectivity index (χ4n) is 1.27. The Hall–Kier alpha value is -1.35. The quantitative estimate of drug-likeness (QED) is 0.356. The van der Waals surface area contributed by atoms with Gasteiger partial charge in [-0.1, -0.05) is 12.0 Å². The molecule has 0 aromatic rings. The highest BCUT2D eigenvalue weighted by atomic mass is 16.1. The highest BCUT2D eigenvalue weighted by molar-refractivity contribution is 5.80. The van der Waals surface area contributed by atoms with Crippen LogP contribution in [-0.4, -0.2) is 18.1 Å². The highest BCUT2D eigenvalue weighted by Gasteiger charge is 2.10. The van der Waals surface area contributed by atoms with Gasteiger partial charge in [-0.2, -0.15) is 0 Å². The molecule has 0 heterocycles. The van der Waals surface area contributed by atoms with Gasteiger partial charge < -0.3 is 4.79 Å². The number of nitrogens with zero attached hydrogens (tertiary/aromatic N) is 3. The van der Waals surface area contributed by atoms with Crippen LogP contribution >= 0.6 is 0 Å². The normalized spacial score (nSPS) is 11.6. The van der Waals surface area contributed by atoms with Crippen molar-refractivity contribution in [3.8, 4) is 0 Å². The number of azide groups is 1. The van der Waals surface area contributed by atoms with E-state index in [4.69, 9.17) is 5.53 Å². The Labute approximate surface area is 83.1 Å². The third kappa shape index (κ3) is 7.31. The molecule has 5 heteroatoms. The SMILES string of the molecule is CC(=O)C[C@H](C)CC(=O)CCN=[N+]=[N-]. The first-order valence-corrected chi connectivity index (χ1v) is 4.58. The maximum absolute atomic E-state index is 11.2. The summed E-state index contributed by atoms with van der Waals surface area (Å²) in [6.07, 6.45) is 1.10. The fourth-order valence-corrected chi connectivity index (χ4v) is 1.27. The first kappa shape index (κ1) is 12.7. The number of carbonyl (C=O) groups is 2. The Morgan fingerprint density at radius 1 is 1.43 bits per heavy atom. The Balaban J connectivity index is 3.70. The van der Waals surface area contributed by atoms with Crippen molar-refractivity contribution in [3.63, 3.8) is 0 Å². The molecule has 0 bridgehead atoms. The van der Waals surface area contributed by atoms with E-state index in [1.165, 1.54) is 6.92 Å². The highest BCUT2D eigenvalue weighted by Crippen LogP contribution is 2.09. The number of hydrogen-bond donors (Lipinski definition) is 0. The van der Waals surface area contributed by atoms with E-state index in [1.54, 1.807) is 0 Å². The van der Waals surface area contributed by atoms with Gasteiger partial charge in [-0.25, -0.2) is 0 Å². The molecule has 0 aromatic heterocycles. The van der Waals surface area contributed by atoms with Crippen molar-refractivity contribution in [2.75, 3.05) is 6.54 Å². The smallest absolute Gasteiger partial charge is 0.133 e. The summed E-state index contributed by atoms with van der Waals surface area (Å²) < 4.78 is 0.